The van der Waals surface area contributed by atoms with E-state index in [-0.39, 0.29) is 11.8 Å². The van der Waals surface area contributed by atoms with E-state index >= 15 is 0 Å². The van der Waals surface area contributed by atoms with Gasteiger partial charge in [-0.3, -0.25) is 4.79 Å². The fraction of sp³-hybridized carbons (Fsp3) is 0.263. The van der Waals surface area contributed by atoms with Crippen LogP contribution >= 0.6 is 0 Å². The van der Waals surface area contributed by atoms with Crippen LogP contribution in [0.2, 0.25) is 0 Å². The first kappa shape index (κ1) is 16.1. The van der Waals surface area contributed by atoms with Crippen LogP contribution in [0.3, 0.4) is 0 Å². The van der Waals surface area contributed by atoms with E-state index in [2.05, 4.69) is 5.32 Å². The first-order chi connectivity index (χ1) is 11.6. The second-order valence-electron chi connectivity index (χ2n) is 6.01. The summed E-state index contributed by atoms with van der Waals surface area (Å²) in [6, 6.07) is 16.7. The second kappa shape index (κ2) is 7.17. The number of hydrogen-bond acceptors (Lipinski definition) is 2. The summed E-state index contributed by atoms with van der Waals surface area (Å²) < 4.78 is 0. The molecule has 1 atom stereocenters. The highest BCUT2D eigenvalue weighted by Crippen LogP contribution is 2.27. The number of piperidine rings is 1. The van der Waals surface area contributed by atoms with Gasteiger partial charge in [-0.15, -0.1) is 0 Å². The molecule has 1 heterocycles. The molecule has 1 aliphatic rings. The van der Waals surface area contributed by atoms with E-state index in [1.54, 1.807) is 12.1 Å². The summed E-state index contributed by atoms with van der Waals surface area (Å²) in [5, 5.41) is 12.0. The van der Waals surface area contributed by atoms with Gasteiger partial charge in [0.1, 0.15) is 0 Å². The molecule has 0 spiro atoms. The lowest BCUT2D eigenvalue weighted by molar-refractivity contribution is 0.102. The van der Waals surface area contributed by atoms with Gasteiger partial charge in [0.05, 0.1) is 0 Å². The highest BCUT2D eigenvalue weighted by Gasteiger charge is 2.24. The summed E-state index contributed by atoms with van der Waals surface area (Å²) in [6.07, 6.45) is 1.01. The molecule has 1 fully saturated rings. The fourth-order valence-electron chi connectivity index (χ4n) is 3.05. The minimum Gasteiger partial charge on any atom is -0.465 e. The molecular weight excluding hydrogens is 304 g/mol. The van der Waals surface area contributed by atoms with Gasteiger partial charge < -0.3 is 15.3 Å². The second-order valence-corrected chi connectivity index (χ2v) is 6.01. The zero-order valence-corrected chi connectivity index (χ0v) is 13.3. The molecule has 2 amide bonds. The molecule has 0 aromatic heterocycles. The van der Waals surface area contributed by atoms with Crippen molar-refractivity contribution in [1.29, 1.82) is 0 Å². The Bertz CT molecular complexity index is 713. The van der Waals surface area contributed by atoms with Gasteiger partial charge in [-0.25, -0.2) is 4.79 Å². The van der Waals surface area contributed by atoms with Crippen molar-refractivity contribution in [1.82, 2.24) is 4.90 Å². The molecule has 5 heteroatoms. The first-order valence-electron chi connectivity index (χ1n) is 8.08. The minimum atomic E-state index is -0.855. The van der Waals surface area contributed by atoms with Crippen LogP contribution in [0.25, 0.3) is 0 Å². The van der Waals surface area contributed by atoms with Crippen LogP contribution in [0.1, 0.15) is 34.7 Å². The lowest BCUT2D eigenvalue weighted by atomic mass is 9.91. The van der Waals surface area contributed by atoms with Gasteiger partial charge in [-0.1, -0.05) is 30.3 Å². The quantitative estimate of drug-likeness (QED) is 0.902. The topological polar surface area (TPSA) is 69.6 Å². The Kier molecular flexibility index (Phi) is 4.79. The van der Waals surface area contributed by atoms with Gasteiger partial charge in [0, 0.05) is 30.3 Å². The predicted molar refractivity (Wildman–Crippen MR) is 92.4 cm³/mol. The van der Waals surface area contributed by atoms with Crippen LogP contribution in [-0.2, 0) is 0 Å². The molecule has 0 aliphatic carbocycles. The normalized spacial score (nSPS) is 17.3. The summed E-state index contributed by atoms with van der Waals surface area (Å²) in [5.74, 6) is 0.0757. The van der Waals surface area contributed by atoms with Gasteiger partial charge >= 0.3 is 6.09 Å². The number of likely N-dealkylation sites (tertiary alicyclic amines) is 1. The van der Waals surface area contributed by atoms with Crippen LogP contribution in [0.5, 0.6) is 0 Å². The maximum atomic E-state index is 12.1. The number of carbonyl (C=O) groups excluding carboxylic acids is 1. The number of nitrogens with zero attached hydrogens (tertiary/aromatic N) is 1. The van der Waals surface area contributed by atoms with Crippen LogP contribution in [0, 0.1) is 0 Å². The third-order valence-corrected chi connectivity index (χ3v) is 4.37. The number of amides is 2. The molecule has 1 aliphatic heterocycles. The molecule has 2 N–H and O–H groups in total. The summed E-state index contributed by atoms with van der Waals surface area (Å²) in [7, 11) is 0. The minimum absolute atomic E-state index is 0.141. The number of rotatable bonds is 3. The summed E-state index contributed by atoms with van der Waals surface area (Å²) in [4.78, 5) is 24.7. The van der Waals surface area contributed by atoms with E-state index in [4.69, 9.17) is 5.11 Å². The Hall–Kier alpha value is -2.82. The zero-order chi connectivity index (χ0) is 16.9. The SMILES string of the molecule is O=C(Nc1ccc([C@@H]2CCCN(C(=O)O)C2)cc1)c1ccccc1. The average molecular weight is 324 g/mol. The van der Waals surface area contributed by atoms with Crippen molar-refractivity contribution in [3.8, 4) is 0 Å². The Labute approximate surface area is 140 Å². The number of carbonyl (C=O) groups is 2. The molecule has 0 saturated carbocycles. The monoisotopic (exact) mass is 324 g/mol. The third-order valence-electron chi connectivity index (χ3n) is 4.37. The molecule has 5 nitrogen and oxygen atoms in total. The molecule has 0 radical (unpaired) electrons. The standard InChI is InChI=1S/C19H20N2O3/c22-18(15-5-2-1-3-6-15)20-17-10-8-14(9-11-17)16-7-4-12-21(13-16)19(23)24/h1-3,5-6,8-11,16H,4,7,12-13H2,(H,20,22)(H,23,24)/t16-/m1/s1. The lowest BCUT2D eigenvalue weighted by Crippen LogP contribution is -2.38. The Morgan fingerprint density at radius 2 is 1.75 bits per heavy atom. The smallest absolute Gasteiger partial charge is 0.407 e. The van der Waals surface area contributed by atoms with E-state index in [1.807, 2.05) is 42.5 Å². The van der Waals surface area contributed by atoms with Gasteiger partial charge in [0.2, 0.25) is 0 Å². The van der Waals surface area contributed by atoms with Crippen LogP contribution in [0.4, 0.5) is 10.5 Å². The van der Waals surface area contributed by atoms with Crippen molar-refractivity contribution < 1.29 is 14.7 Å². The first-order valence-corrected chi connectivity index (χ1v) is 8.08. The molecule has 2 aromatic rings. The van der Waals surface area contributed by atoms with Gasteiger partial charge in [-0.05, 0) is 42.7 Å². The average Bonchev–Trinajstić information content (AvgIpc) is 2.63. The molecule has 124 valence electrons. The van der Waals surface area contributed by atoms with Crippen molar-refractivity contribution in [2.75, 3.05) is 18.4 Å². The molecule has 0 bridgehead atoms. The highest BCUT2D eigenvalue weighted by molar-refractivity contribution is 6.04. The molecule has 3 rings (SSSR count). The predicted octanol–water partition coefficient (Wildman–Crippen LogP) is 3.80. The highest BCUT2D eigenvalue weighted by atomic mass is 16.4. The van der Waals surface area contributed by atoms with E-state index < -0.39 is 6.09 Å². The largest absolute Gasteiger partial charge is 0.465 e. The third kappa shape index (κ3) is 3.74. The fourth-order valence-corrected chi connectivity index (χ4v) is 3.05. The van der Waals surface area contributed by atoms with E-state index in [0.717, 1.165) is 24.1 Å². The lowest BCUT2D eigenvalue weighted by Gasteiger charge is -2.31. The Morgan fingerprint density at radius 1 is 1.04 bits per heavy atom. The maximum Gasteiger partial charge on any atom is 0.407 e. The van der Waals surface area contributed by atoms with Gasteiger partial charge in [-0.2, -0.15) is 0 Å². The van der Waals surface area contributed by atoms with E-state index in [1.165, 1.54) is 4.90 Å². The van der Waals surface area contributed by atoms with Crippen LogP contribution in [-0.4, -0.2) is 35.1 Å². The number of hydrogen-bond donors (Lipinski definition) is 2. The molecule has 0 unspecified atom stereocenters. The summed E-state index contributed by atoms with van der Waals surface area (Å²) >= 11 is 0. The van der Waals surface area contributed by atoms with Crippen molar-refractivity contribution >= 4 is 17.7 Å². The number of benzene rings is 2. The van der Waals surface area contributed by atoms with Crippen molar-refractivity contribution in [3.63, 3.8) is 0 Å². The molecular formula is C19H20N2O3. The van der Waals surface area contributed by atoms with E-state index in [0.29, 0.717) is 18.7 Å². The van der Waals surface area contributed by atoms with Crippen molar-refractivity contribution in [2.45, 2.75) is 18.8 Å². The molecule has 2 aromatic carbocycles. The Balaban J connectivity index is 1.65. The zero-order valence-electron chi connectivity index (χ0n) is 13.3. The molecule has 24 heavy (non-hydrogen) atoms. The van der Waals surface area contributed by atoms with Crippen LogP contribution in [0.15, 0.2) is 54.6 Å². The van der Waals surface area contributed by atoms with Crippen LogP contribution < -0.4 is 5.32 Å². The van der Waals surface area contributed by atoms with Crippen molar-refractivity contribution in [2.24, 2.45) is 0 Å². The number of carboxylic acid groups (broad SMARTS) is 1. The maximum absolute atomic E-state index is 12.1. The summed E-state index contributed by atoms with van der Waals surface area (Å²) in [6.45, 7) is 1.14. The van der Waals surface area contributed by atoms with Crippen molar-refractivity contribution in [3.05, 3.63) is 65.7 Å². The van der Waals surface area contributed by atoms with Gasteiger partial charge in [0.15, 0.2) is 0 Å². The van der Waals surface area contributed by atoms with Gasteiger partial charge in [0.25, 0.3) is 5.91 Å². The Morgan fingerprint density at radius 3 is 2.42 bits per heavy atom. The molecule has 1 saturated heterocycles. The number of anilines is 1. The number of nitrogens with one attached hydrogen (secondary N) is 1. The summed E-state index contributed by atoms with van der Waals surface area (Å²) in [5.41, 5.74) is 2.46. The van der Waals surface area contributed by atoms with E-state index in [9.17, 15) is 9.59 Å².